The first-order valence-electron chi connectivity index (χ1n) is 4.52. The number of guanidine groups is 1. The molecule has 3 N–H and O–H groups in total. The third-order valence-corrected chi connectivity index (χ3v) is 2.11. The molecule has 0 aliphatic carbocycles. The van der Waals surface area contributed by atoms with Gasteiger partial charge in [-0.25, -0.2) is 0 Å². The zero-order chi connectivity index (χ0) is 12.3. The smallest absolute Gasteiger partial charge is 0.370 e. The van der Waals surface area contributed by atoms with E-state index >= 15 is 0 Å². The van der Waals surface area contributed by atoms with Crippen LogP contribution in [0.25, 0.3) is 0 Å². The molecule has 1 rings (SSSR count). The van der Waals surface area contributed by atoms with Crippen LogP contribution in [0, 0.1) is 5.41 Å². The molecule has 0 atom stereocenters. The lowest BCUT2D eigenvalue weighted by atomic mass is 10.1. The quantitative estimate of drug-likeness (QED) is 0.604. The van der Waals surface area contributed by atoms with E-state index in [-0.39, 0.29) is 5.96 Å². The summed E-state index contributed by atoms with van der Waals surface area (Å²) < 4.78 is 36.7. The van der Waals surface area contributed by atoms with Crippen molar-refractivity contribution in [3.63, 3.8) is 0 Å². The number of alkyl halides is 3. The van der Waals surface area contributed by atoms with E-state index in [1.807, 2.05) is 0 Å². The first-order chi connectivity index (χ1) is 7.30. The molecule has 0 saturated heterocycles. The van der Waals surface area contributed by atoms with Gasteiger partial charge in [0.1, 0.15) is 0 Å². The van der Waals surface area contributed by atoms with E-state index in [0.717, 1.165) is 12.1 Å². The Labute approximate surface area is 91.2 Å². The molecular formula is C10H12F3N3. The van der Waals surface area contributed by atoms with Crippen LogP contribution in [0.5, 0.6) is 0 Å². The van der Waals surface area contributed by atoms with Crippen molar-refractivity contribution in [2.24, 2.45) is 5.73 Å². The van der Waals surface area contributed by atoms with Crippen LogP contribution in [0.2, 0.25) is 0 Å². The van der Waals surface area contributed by atoms with Crippen LogP contribution < -0.4 is 5.73 Å². The van der Waals surface area contributed by atoms with Crippen molar-refractivity contribution >= 4 is 5.96 Å². The minimum Gasteiger partial charge on any atom is -0.370 e. The second-order valence-corrected chi connectivity index (χ2v) is 3.44. The second-order valence-electron chi connectivity index (χ2n) is 3.44. The molecule has 0 radical (unpaired) electrons. The van der Waals surface area contributed by atoms with Crippen LogP contribution in [-0.4, -0.2) is 17.9 Å². The summed E-state index contributed by atoms with van der Waals surface area (Å²) in [6.45, 7) is 0.313. The van der Waals surface area contributed by atoms with Gasteiger partial charge in [0.15, 0.2) is 5.96 Å². The number of nitrogens with zero attached hydrogens (tertiary/aromatic N) is 1. The number of nitrogens with two attached hydrogens (primary N) is 1. The molecule has 0 amide bonds. The lowest BCUT2D eigenvalue weighted by molar-refractivity contribution is -0.137. The Morgan fingerprint density at radius 3 is 2.19 bits per heavy atom. The summed E-state index contributed by atoms with van der Waals surface area (Å²) in [4.78, 5) is 1.43. The summed E-state index contributed by atoms with van der Waals surface area (Å²) in [6, 6.07) is 4.79. The van der Waals surface area contributed by atoms with E-state index < -0.39 is 11.7 Å². The Bertz CT molecular complexity index is 370. The molecule has 16 heavy (non-hydrogen) atoms. The van der Waals surface area contributed by atoms with Gasteiger partial charge in [-0.1, -0.05) is 12.1 Å². The van der Waals surface area contributed by atoms with Gasteiger partial charge >= 0.3 is 6.18 Å². The normalized spacial score (nSPS) is 11.2. The predicted molar refractivity (Wildman–Crippen MR) is 54.8 cm³/mol. The number of benzene rings is 1. The van der Waals surface area contributed by atoms with E-state index in [9.17, 15) is 13.2 Å². The van der Waals surface area contributed by atoms with Crippen LogP contribution in [-0.2, 0) is 12.7 Å². The molecule has 0 aliphatic rings. The van der Waals surface area contributed by atoms with Crippen molar-refractivity contribution in [1.29, 1.82) is 5.41 Å². The van der Waals surface area contributed by atoms with Gasteiger partial charge in [0.25, 0.3) is 0 Å². The zero-order valence-electron chi connectivity index (χ0n) is 8.67. The topological polar surface area (TPSA) is 53.1 Å². The van der Waals surface area contributed by atoms with Crippen molar-refractivity contribution in [3.8, 4) is 0 Å². The maximum atomic E-state index is 12.2. The fourth-order valence-electron chi connectivity index (χ4n) is 1.16. The standard InChI is InChI=1S/C10H12F3N3/c1-16(9(14)15)6-7-2-4-8(5-3-7)10(11,12)13/h2-5H,6H2,1H3,(H3,14,15). The summed E-state index contributed by atoms with van der Waals surface area (Å²) in [5.74, 6) is -0.125. The van der Waals surface area contributed by atoms with Gasteiger partial charge in [-0.3, -0.25) is 5.41 Å². The largest absolute Gasteiger partial charge is 0.416 e. The summed E-state index contributed by atoms with van der Waals surface area (Å²) in [6.07, 6.45) is -4.31. The molecule has 88 valence electrons. The highest BCUT2D eigenvalue weighted by molar-refractivity contribution is 5.74. The van der Waals surface area contributed by atoms with Crippen molar-refractivity contribution in [3.05, 3.63) is 35.4 Å². The van der Waals surface area contributed by atoms with E-state index in [1.54, 1.807) is 7.05 Å². The minimum absolute atomic E-state index is 0.125. The van der Waals surface area contributed by atoms with Crippen LogP contribution in [0.1, 0.15) is 11.1 Å². The predicted octanol–water partition coefficient (Wildman–Crippen LogP) is 2.03. The molecule has 0 bridgehead atoms. The zero-order valence-corrected chi connectivity index (χ0v) is 8.67. The number of nitrogens with one attached hydrogen (secondary N) is 1. The molecule has 1 aromatic carbocycles. The molecule has 0 unspecified atom stereocenters. The Balaban J connectivity index is 2.76. The second kappa shape index (κ2) is 4.42. The summed E-state index contributed by atoms with van der Waals surface area (Å²) >= 11 is 0. The number of rotatable bonds is 2. The van der Waals surface area contributed by atoms with Gasteiger partial charge in [0.2, 0.25) is 0 Å². The van der Waals surface area contributed by atoms with Crippen molar-refractivity contribution in [1.82, 2.24) is 4.90 Å². The van der Waals surface area contributed by atoms with Crippen LogP contribution in [0.3, 0.4) is 0 Å². The SMILES string of the molecule is CN(Cc1ccc(C(F)(F)F)cc1)C(=N)N. The molecule has 0 aromatic heterocycles. The van der Waals surface area contributed by atoms with E-state index in [0.29, 0.717) is 12.1 Å². The third kappa shape index (κ3) is 3.15. The molecule has 1 aromatic rings. The lowest BCUT2D eigenvalue weighted by Gasteiger charge is -2.16. The molecule has 0 spiro atoms. The molecular weight excluding hydrogens is 219 g/mol. The molecule has 0 saturated carbocycles. The van der Waals surface area contributed by atoms with Gasteiger partial charge in [-0.2, -0.15) is 13.2 Å². The van der Waals surface area contributed by atoms with Crippen LogP contribution in [0.4, 0.5) is 13.2 Å². The number of hydrogen-bond donors (Lipinski definition) is 2. The van der Waals surface area contributed by atoms with Gasteiger partial charge in [-0.15, -0.1) is 0 Å². The first kappa shape index (κ1) is 12.4. The molecule has 0 aliphatic heterocycles. The Kier molecular flexibility index (Phi) is 3.41. The van der Waals surface area contributed by atoms with Crippen LogP contribution in [0.15, 0.2) is 24.3 Å². The van der Waals surface area contributed by atoms with Gasteiger partial charge in [0.05, 0.1) is 5.56 Å². The Morgan fingerprint density at radius 2 is 1.81 bits per heavy atom. The van der Waals surface area contributed by atoms with E-state index in [1.165, 1.54) is 17.0 Å². The highest BCUT2D eigenvalue weighted by Crippen LogP contribution is 2.29. The molecule has 0 heterocycles. The van der Waals surface area contributed by atoms with Crippen molar-refractivity contribution in [2.75, 3.05) is 7.05 Å². The van der Waals surface area contributed by atoms with E-state index in [4.69, 9.17) is 11.1 Å². The molecule has 6 heteroatoms. The fourth-order valence-corrected chi connectivity index (χ4v) is 1.16. The van der Waals surface area contributed by atoms with Crippen LogP contribution >= 0.6 is 0 Å². The molecule has 0 fully saturated rings. The summed E-state index contributed by atoms with van der Waals surface area (Å²) in [7, 11) is 1.60. The average Bonchev–Trinajstić information content (AvgIpc) is 2.17. The van der Waals surface area contributed by atoms with Crippen molar-refractivity contribution < 1.29 is 13.2 Å². The Morgan fingerprint density at radius 1 is 1.31 bits per heavy atom. The third-order valence-electron chi connectivity index (χ3n) is 2.11. The maximum absolute atomic E-state index is 12.2. The fraction of sp³-hybridized carbons (Fsp3) is 0.300. The summed E-state index contributed by atoms with van der Waals surface area (Å²) in [5, 5.41) is 7.11. The van der Waals surface area contributed by atoms with Crippen molar-refractivity contribution in [2.45, 2.75) is 12.7 Å². The van der Waals surface area contributed by atoms with Gasteiger partial charge < -0.3 is 10.6 Å². The lowest BCUT2D eigenvalue weighted by Crippen LogP contribution is -2.32. The number of halogens is 3. The van der Waals surface area contributed by atoms with Gasteiger partial charge in [0, 0.05) is 13.6 Å². The first-order valence-corrected chi connectivity index (χ1v) is 4.52. The maximum Gasteiger partial charge on any atom is 0.416 e. The minimum atomic E-state index is -4.31. The number of hydrogen-bond acceptors (Lipinski definition) is 1. The highest BCUT2D eigenvalue weighted by atomic mass is 19.4. The highest BCUT2D eigenvalue weighted by Gasteiger charge is 2.29. The summed E-state index contributed by atoms with van der Waals surface area (Å²) in [5.41, 5.74) is 5.21. The monoisotopic (exact) mass is 231 g/mol. The van der Waals surface area contributed by atoms with E-state index in [2.05, 4.69) is 0 Å². The Hall–Kier alpha value is -1.72. The molecule has 3 nitrogen and oxygen atoms in total. The van der Waals surface area contributed by atoms with Gasteiger partial charge in [-0.05, 0) is 17.7 Å². The average molecular weight is 231 g/mol.